The van der Waals surface area contributed by atoms with Gasteiger partial charge in [0.1, 0.15) is 5.65 Å². The Morgan fingerprint density at radius 1 is 0.893 bits per heavy atom. The number of hydrogen-bond acceptors (Lipinski definition) is 3. The summed E-state index contributed by atoms with van der Waals surface area (Å²) in [6, 6.07) is 6.68. The maximum absolute atomic E-state index is 5.34. The van der Waals surface area contributed by atoms with E-state index in [2.05, 4.69) is 64.3 Å². The number of nitrogens with zero attached hydrogens (tertiary/aromatic N) is 4. The molecule has 0 aliphatic carbocycles. The fraction of sp³-hybridized carbons (Fsp3) is 0.391. The predicted octanol–water partition coefficient (Wildman–Crippen LogP) is 4.85. The number of benzene rings is 1. The van der Waals surface area contributed by atoms with Crippen LogP contribution in [0.5, 0.6) is 0 Å². The Kier molecular flexibility index (Phi) is 4.50. The molecule has 28 heavy (non-hydrogen) atoms. The van der Waals surface area contributed by atoms with Gasteiger partial charge in [0.15, 0.2) is 5.65 Å². The Labute approximate surface area is 166 Å². The van der Waals surface area contributed by atoms with E-state index in [1.54, 1.807) is 7.11 Å². The maximum atomic E-state index is 5.34. The van der Waals surface area contributed by atoms with Crippen molar-refractivity contribution in [2.75, 3.05) is 13.7 Å². The van der Waals surface area contributed by atoms with Gasteiger partial charge in [0.05, 0.1) is 23.6 Å². The highest BCUT2D eigenvalue weighted by molar-refractivity contribution is 5.90. The number of methoxy groups -OCH3 is 1. The summed E-state index contributed by atoms with van der Waals surface area (Å²) in [6.45, 7) is 14.3. The molecule has 0 atom stereocenters. The normalized spacial score (nSPS) is 11.8. The molecule has 0 aliphatic rings. The summed E-state index contributed by atoms with van der Waals surface area (Å²) in [6.07, 6.45) is 0. The molecule has 146 valence electrons. The molecule has 0 aliphatic heterocycles. The first-order valence-electron chi connectivity index (χ1n) is 9.76. The second-order valence-electron chi connectivity index (χ2n) is 7.83. The first-order chi connectivity index (χ1) is 13.3. The molecule has 0 fully saturated rings. The molecule has 3 heterocycles. The van der Waals surface area contributed by atoms with E-state index < -0.39 is 0 Å². The molecule has 0 bridgehead atoms. The van der Waals surface area contributed by atoms with Crippen molar-refractivity contribution in [3.63, 3.8) is 0 Å². The third-order valence-electron chi connectivity index (χ3n) is 5.62. The molecule has 5 nitrogen and oxygen atoms in total. The van der Waals surface area contributed by atoms with E-state index in [1.807, 2.05) is 4.52 Å². The Morgan fingerprint density at radius 2 is 1.57 bits per heavy atom. The van der Waals surface area contributed by atoms with E-state index in [9.17, 15) is 0 Å². The van der Waals surface area contributed by atoms with Gasteiger partial charge in [-0.05, 0) is 64.3 Å². The van der Waals surface area contributed by atoms with Gasteiger partial charge in [-0.1, -0.05) is 17.7 Å². The highest BCUT2D eigenvalue weighted by Crippen LogP contribution is 2.35. The summed E-state index contributed by atoms with van der Waals surface area (Å²) in [7, 11) is 1.74. The smallest absolute Gasteiger partial charge is 0.165 e. The van der Waals surface area contributed by atoms with E-state index in [4.69, 9.17) is 14.8 Å². The van der Waals surface area contributed by atoms with Crippen molar-refractivity contribution in [3.8, 4) is 11.1 Å². The molecule has 0 saturated carbocycles. The van der Waals surface area contributed by atoms with Crippen molar-refractivity contribution in [1.29, 1.82) is 0 Å². The zero-order chi connectivity index (χ0) is 20.2. The van der Waals surface area contributed by atoms with Crippen molar-refractivity contribution >= 4 is 16.7 Å². The molecule has 0 radical (unpaired) electrons. The van der Waals surface area contributed by atoms with Crippen LogP contribution >= 0.6 is 0 Å². The zero-order valence-electron chi connectivity index (χ0n) is 17.8. The molecule has 0 amide bonds. The van der Waals surface area contributed by atoms with Crippen LogP contribution in [0.3, 0.4) is 0 Å². The first-order valence-corrected chi connectivity index (χ1v) is 9.76. The lowest BCUT2D eigenvalue weighted by molar-refractivity contribution is 0.187. The van der Waals surface area contributed by atoms with Crippen molar-refractivity contribution in [2.24, 2.45) is 0 Å². The average Bonchev–Trinajstić information content (AvgIpc) is 3.10. The van der Waals surface area contributed by atoms with E-state index in [1.165, 1.54) is 27.9 Å². The van der Waals surface area contributed by atoms with Crippen LogP contribution in [-0.2, 0) is 11.3 Å². The van der Waals surface area contributed by atoms with Gasteiger partial charge in [0, 0.05) is 24.7 Å². The summed E-state index contributed by atoms with van der Waals surface area (Å²) in [5.41, 5.74) is 11.4. The Bertz CT molecular complexity index is 1190. The topological polar surface area (TPSA) is 44.3 Å². The zero-order valence-corrected chi connectivity index (χ0v) is 17.8. The van der Waals surface area contributed by atoms with Crippen LogP contribution in [0.15, 0.2) is 18.2 Å². The number of hydrogen-bond donors (Lipinski definition) is 0. The summed E-state index contributed by atoms with van der Waals surface area (Å²) in [4.78, 5) is 5.00. The summed E-state index contributed by atoms with van der Waals surface area (Å²) in [5.74, 6) is 0. The monoisotopic (exact) mass is 376 g/mol. The van der Waals surface area contributed by atoms with Gasteiger partial charge in [-0.25, -0.2) is 4.98 Å². The number of ether oxygens (including phenoxy) is 1. The largest absolute Gasteiger partial charge is 0.383 e. The van der Waals surface area contributed by atoms with Gasteiger partial charge in [-0.3, -0.25) is 0 Å². The van der Waals surface area contributed by atoms with Crippen molar-refractivity contribution in [2.45, 2.75) is 48.1 Å². The third kappa shape index (κ3) is 2.73. The lowest BCUT2D eigenvalue weighted by Gasteiger charge is -2.12. The quantitative estimate of drug-likeness (QED) is 0.511. The Balaban J connectivity index is 2.10. The van der Waals surface area contributed by atoms with Gasteiger partial charge in [0.2, 0.25) is 0 Å². The molecule has 4 aromatic rings. The van der Waals surface area contributed by atoms with Crippen LogP contribution in [0.2, 0.25) is 0 Å². The van der Waals surface area contributed by atoms with Gasteiger partial charge in [0.25, 0.3) is 0 Å². The SMILES string of the molecule is COCCn1c(C)cc2c(C)nc3c(-c4c(C)cc(C)cc4C)c(C)nn3c21. The van der Waals surface area contributed by atoms with Gasteiger partial charge >= 0.3 is 0 Å². The highest BCUT2D eigenvalue weighted by atomic mass is 16.5. The second kappa shape index (κ2) is 6.74. The molecule has 3 aromatic heterocycles. The molecule has 4 rings (SSSR count). The molecule has 0 N–H and O–H groups in total. The minimum absolute atomic E-state index is 0.663. The summed E-state index contributed by atoms with van der Waals surface area (Å²) in [5, 5.41) is 6.08. The summed E-state index contributed by atoms with van der Waals surface area (Å²) < 4.78 is 9.64. The first kappa shape index (κ1) is 18.7. The van der Waals surface area contributed by atoms with Gasteiger partial charge in [-0.15, -0.1) is 0 Å². The Hall–Kier alpha value is -2.66. The molecule has 0 spiro atoms. The van der Waals surface area contributed by atoms with Gasteiger partial charge < -0.3 is 9.30 Å². The van der Waals surface area contributed by atoms with E-state index in [-0.39, 0.29) is 0 Å². The van der Waals surface area contributed by atoms with Crippen LogP contribution in [0.4, 0.5) is 0 Å². The third-order valence-corrected chi connectivity index (χ3v) is 5.62. The molecule has 1 aromatic carbocycles. The van der Waals surface area contributed by atoms with E-state index >= 15 is 0 Å². The van der Waals surface area contributed by atoms with Crippen LogP contribution in [0.25, 0.3) is 27.8 Å². The molecule has 0 saturated heterocycles. The Morgan fingerprint density at radius 3 is 2.21 bits per heavy atom. The average molecular weight is 377 g/mol. The molecular formula is C23H28N4O. The van der Waals surface area contributed by atoms with Crippen molar-refractivity contribution in [3.05, 3.63) is 52.0 Å². The fourth-order valence-electron chi connectivity index (χ4n) is 4.48. The van der Waals surface area contributed by atoms with Crippen molar-refractivity contribution < 1.29 is 4.74 Å². The van der Waals surface area contributed by atoms with Crippen LogP contribution in [0.1, 0.15) is 33.8 Å². The number of aromatic nitrogens is 4. The fourth-order valence-corrected chi connectivity index (χ4v) is 4.48. The van der Waals surface area contributed by atoms with Crippen molar-refractivity contribution in [1.82, 2.24) is 19.2 Å². The molecular weight excluding hydrogens is 348 g/mol. The van der Waals surface area contributed by atoms with Gasteiger partial charge in [-0.2, -0.15) is 9.61 Å². The highest BCUT2D eigenvalue weighted by Gasteiger charge is 2.21. The maximum Gasteiger partial charge on any atom is 0.165 e. The van der Waals surface area contributed by atoms with Crippen LogP contribution in [-0.4, -0.2) is 32.9 Å². The lowest BCUT2D eigenvalue weighted by Crippen LogP contribution is -2.09. The summed E-state index contributed by atoms with van der Waals surface area (Å²) >= 11 is 0. The number of aryl methyl sites for hydroxylation is 6. The minimum atomic E-state index is 0.663. The molecule has 5 heteroatoms. The standard InChI is InChI=1S/C23H28N4O/c1-13-10-14(2)20(15(3)11-13)21-18(6)25-27-22(21)24-17(5)19-12-16(4)26(23(19)27)8-9-28-7/h10-12H,8-9H2,1-7H3. The number of rotatable bonds is 4. The van der Waals surface area contributed by atoms with Crippen LogP contribution in [0, 0.1) is 41.5 Å². The van der Waals surface area contributed by atoms with E-state index in [0.717, 1.165) is 40.2 Å². The lowest BCUT2D eigenvalue weighted by atomic mass is 9.94. The second-order valence-corrected chi connectivity index (χ2v) is 7.83. The number of fused-ring (bicyclic) bond motifs is 3. The van der Waals surface area contributed by atoms with Crippen LogP contribution < -0.4 is 0 Å². The minimum Gasteiger partial charge on any atom is -0.383 e. The molecule has 0 unspecified atom stereocenters. The van der Waals surface area contributed by atoms with E-state index in [0.29, 0.717) is 6.61 Å². The predicted molar refractivity (Wildman–Crippen MR) is 114 cm³/mol.